The van der Waals surface area contributed by atoms with Crippen LogP contribution in [0.4, 0.5) is 15.3 Å². The number of benzene rings is 2. The fourth-order valence-corrected chi connectivity index (χ4v) is 6.39. The van der Waals surface area contributed by atoms with Gasteiger partial charge in [-0.25, -0.2) is 0 Å². The van der Waals surface area contributed by atoms with Gasteiger partial charge in [0.1, 0.15) is 0 Å². The summed E-state index contributed by atoms with van der Waals surface area (Å²) in [6.45, 7) is -0.0547. The second-order valence-corrected chi connectivity index (χ2v) is 11.2. The van der Waals surface area contributed by atoms with Gasteiger partial charge in [0.25, 0.3) is 28.2 Å². The van der Waals surface area contributed by atoms with E-state index in [1.807, 2.05) is 0 Å². The molecular formula is C24H19BrN4O6S2. The Morgan fingerprint density at radius 2 is 1.41 bits per heavy atom. The number of amides is 6. The molecule has 1 unspecified atom stereocenters. The maximum atomic E-state index is 13.4. The molecule has 0 N–H and O–H groups in total. The van der Waals surface area contributed by atoms with E-state index >= 15 is 0 Å². The summed E-state index contributed by atoms with van der Waals surface area (Å²) in [5.41, 5.74) is 1.23. The average Bonchev–Trinajstić information content (AvgIpc) is 3.45. The Hall–Kier alpha value is -3.16. The van der Waals surface area contributed by atoms with E-state index in [-0.39, 0.29) is 43.1 Å². The van der Waals surface area contributed by atoms with Crippen molar-refractivity contribution in [3.05, 3.63) is 64.1 Å². The molecule has 0 saturated carbocycles. The van der Waals surface area contributed by atoms with Gasteiger partial charge in [-0.3, -0.25) is 43.5 Å². The van der Waals surface area contributed by atoms with Crippen LogP contribution in [0.5, 0.6) is 0 Å². The quantitative estimate of drug-likeness (QED) is 0.420. The molecule has 2 aromatic carbocycles. The molecule has 2 aromatic rings. The number of imide groups is 3. The summed E-state index contributed by atoms with van der Waals surface area (Å²) in [6.07, 6.45) is 0. The van der Waals surface area contributed by atoms with Crippen LogP contribution >= 0.6 is 39.5 Å². The highest BCUT2D eigenvalue weighted by atomic mass is 79.9. The molecule has 0 bridgehead atoms. The van der Waals surface area contributed by atoms with Gasteiger partial charge in [0.15, 0.2) is 5.37 Å². The molecule has 190 valence electrons. The molecule has 2 saturated heterocycles. The number of fused-ring (bicyclic) bond motifs is 1. The highest BCUT2D eigenvalue weighted by Gasteiger charge is 2.45. The standard InChI is InChI=1S/C24H19BrN4O6S2/c25-14-5-7-15(8-6-14)26(9-10-27-18(30)13-36-23(27)34)22-21(33)29(24(35)37-22)12-11-28-19(31)16-3-1-2-4-17(16)20(28)32/h1-8,22H,9-13H2. The lowest BCUT2D eigenvalue weighted by Gasteiger charge is -2.30. The van der Waals surface area contributed by atoms with Gasteiger partial charge in [-0.05, 0) is 48.2 Å². The Morgan fingerprint density at radius 1 is 0.784 bits per heavy atom. The zero-order valence-electron chi connectivity index (χ0n) is 19.2. The molecule has 10 nitrogen and oxygen atoms in total. The Labute approximate surface area is 228 Å². The van der Waals surface area contributed by atoms with E-state index in [0.29, 0.717) is 16.8 Å². The van der Waals surface area contributed by atoms with Crippen molar-refractivity contribution in [1.82, 2.24) is 14.7 Å². The lowest BCUT2D eigenvalue weighted by atomic mass is 10.1. The molecule has 6 amide bonds. The molecule has 1 atom stereocenters. The third kappa shape index (κ3) is 4.78. The van der Waals surface area contributed by atoms with Crippen molar-refractivity contribution in [3.63, 3.8) is 0 Å². The van der Waals surface area contributed by atoms with E-state index in [0.717, 1.165) is 42.7 Å². The summed E-state index contributed by atoms with van der Waals surface area (Å²) in [5.74, 6) is -1.63. The molecule has 0 radical (unpaired) electrons. The minimum atomic E-state index is -0.934. The maximum Gasteiger partial charge on any atom is 0.290 e. The summed E-state index contributed by atoms with van der Waals surface area (Å²) in [7, 11) is 0. The molecule has 0 aromatic heterocycles. The van der Waals surface area contributed by atoms with Crippen LogP contribution in [0.15, 0.2) is 53.0 Å². The number of carbonyl (C=O) groups excluding carboxylic acids is 6. The predicted octanol–water partition coefficient (Wildman–Crippen LogP) is 3.27. The van der Waals surface area contributed by atoms with Crippen molar-refractivity contribution in [3.8, 4) is 0 Å². The number of carbonyl (C=O) groups is 6. The molecule has 3 heterocycles. The van der Waals surface area contributed by atoms with E-state index in [1.54, 1.807) is 53.4 Å². The van der Waals surface area contributed by atoms with Crippen LogP contribution in [0.25, 0.3) is 0 Å². The molecule has 37 heavy (non-hydrogen) atoms. The summed E-state index contributed by atoms with van der Waals surface area (Å²) >= 11 is 5.12. The minimum absolute atomic E-state index is 0.0638. The number of halogens is 1. The van der Waals surface area contributed by atoms with Crippen molar-refractivity contribution in [1.29, 1.82) is 0 Å². The zero-order chi connectivity index (χ0) is 26.3. The number of thioether (sulfide) groups is 2. The fourth-order valence-electron chi connectivity index (χ4n) is 4.29. The molecular weight excluding hydrogens is 584 g/mol. The normalized spacial score (nSPS) is 19.5. The second-order valence-electron chi connectivity index (χ2n) is 8.30. The predicted molar refractivity (Wildman–Crippen MR) is 141 cm³/mol. The van der Waals surface area contributed by atoms with Crippen LogP contribution in [0, 0.1) is 0 Å². The van der Waals surface area contributed by atoms with Gasteiger partial charge in [-0.15, -0.1) is 0 Å². The molecule has 5 rings (SSSR count). The Morgan fingerprint density at radius 3 is 2.00 bits per heavy atom. The Balaban J connectivity index is 1.31. The zero-order valence-corrected chi connectivity index (χ0v) is 22.4. The van der Waals surface area contributed by atoms with Gasteiger partial charge in [0, 0.05) is 36.3 Å². The van der Waals surface area contributed by atoms with E-state index in [1.165, 1.54) is 0 Å². The van der Waals surface area contributed by atoms with Gasteiger partial charge in [-0.1, -0.05) is 39.8 Å². The van der Waals surface area contributed by atoms with Gasteiger partial charge in [-0.2, -0.15) is 0 Å². The number of anilines is 1. The fraction of sp³-hybridized carbons (Fsp3) is 0.250. The molecule has 3 aliphatic heterocycles. The topological polar surface area (TPSA) is 115 Å². The van der Waals surface area contributed by atoms with Crippen molar-refractivity contribution in [2.75, 3.05) is 36.8 Å². The smallest absolute Gasteiger partial charge is 0.290 e. The molecule has 3 aliphatic rings. The van der Waals surface area contributed by atoms with Crippen LogP contribution < -0.4 is 4.90 Å². The van der Waals surface area contributed by atoms with Gasteiger partial charge < -0.3 is 4.90 Å². The summed E-state index contributed by atoms with van der Waals surface area (Å²) in [4.78, 5) is 80.6. The molecule has 0 spiro atoms. The van der Waals surface area contributed by atoms with Crippen LogP contribution in [0.1, 0.15) is 20.7 Å². The molecule has 2 fully saturated rings. The first-order valence-corrected chi connectivity index (χ1v) is 13.9. The maximum absolute atomic E-state index is 13.4. The SMILES string of the molecule is O=C1CSC(=O)N1CCN(c1ccc(Br)cc1)C1SC(=O)N(CCN2C(=O)c3ccccc3C2=O)C1=O. The summed E-state index contributed by atoms with van der Waals surface area (Å²) in [5, 5.41) is -1.78. The first kappa shape index (κ1) is 25.5. The van der Waals surface area contributed by atoms with Crippen LogP contribution in [-0.4, -0.2) is 86.1 Å². The van der Waals surface area contributed by atoms with Crippen LogP contribution in [-0.2, 0) is 9.59 Å². The highest BCUT2D eigenvalue weighted by Crippen LogP contribution is 2.34. The highest BCUT2D eigenvalue weighted by molar-refractivity contribution is 9.10. The third-order valence-corrected chi connectivity index (χ3v) is 8.67. The lowest BCUT2D eigenvalue weighted by molar-refractivity contribution is -0.126. The van der Waals surface area contributed by atoms with Crippen LogP contribution in [0.3, 0.4) is 0 Å². The van der Waals surface area contributed by atoms with Crippen molar-refractivity contribution in [2.24, 2.45) is 0 Å². The van der Waals surface area contributed by atoms with Crippen molar-refractivity contribution >= 4 is 79.2 Å². The van der Waals surface area contributed by atoms with Gasteiger partial charge in [0.2, 0.25) is 5.91 Å². The lowest BCUT2D eigenvalue weighted by Crippen LogP contribution is -2.47. The first-order chi connectivity index (χ1) is 17.8. The van der Waals surface area contributed by atoms with E-state index in [4.69, 9.17) is 0 Å². The third-order valence-electron chi connectivity index (χ3n) is 6.18. The summed E-state index contributed by atoms with van der Waals surface area (Å²) in [6, 6.07) is 13.6. The van der Waals surface area contributed by atoms with Crippen molar-refractivity contribution < 1.29 is 28.8 Å². The average molecular weight is 603 g/mol. The van der Waals surface area contributed by atoms with Crippen LogP contribution in [0.2, 0.25) is 0 Å². The van der Waals surface area contributed by atoms with E-state index < -0.39 is 28.3 Å². The number of nitrogens with zero attached hydrogens (tertiary/aromatic N) is 4. The molecule has 13 heteroatoms. The van der Waals surface area contributed by atoms with Gasteiger partial charge >= 0.3 is 0 Å². The summed E-state index contributed by atoms with van der Waals surface area (Å²) < 4.78 is 0.821. The first-order valence-electron chi connectivity index (χ1n) is 11.2. The number of hydrogen-bond donors (Lipinski definition) is 0. The second kappa shape index (κ2) is 10.3. The largest absolute Gasteiger partial charge is 0.349 e. The van der Waals surface area contributed by atoms with E-state index in [2.05, 4.69) is 15.9 Å². The minimum Gasteiger partial charge on any atom is -0.349 e. The Kier molecular flexibility index (Phi) is 7.10. The number of hydrogen-bond acceptors (Lipinski definition) is 9. The number of rotatable bonds is 8. The molecule has 0 aliphatic carbocycles. The van der Waals surface area contributed by atoms with E-state index in [9.17, 15) is 28.8 Å². The van der Waals surface area contributed by atoms with Gasteiger partial charge in [0.05, 0.1) is 16.9 Å². The Bertz CT molecular complexity index is 1290. The monoisotopic (exact) mass is 602 g/mol. The van der Waals surface area contributed by atoms with Crippen molar-refractivity contribution in [2.45, 2.75) is 5.37 Å².